The summed E-state index contributed by atoms with van der Waals surface area (Å²) in [6, 6.07) is -0.637. The van der Waals surface area contributed by atoms with E-state index in [4.69, 9.17) is 16.2 Å². The highest BCUT2D eigenvalue weighted by Gasteiger charge is 2.19. The first-order chi connectivity index (χ1) is 7.97. The molecule has 0 aliphatic rings. The second-order valence-corrected chi connectivity index (χ2v) is 3.45. The largest absolute Gasteiger partial charge is 0.464 e. The molecule has 1 atom stereocenters. The fourth-order valence-electron chi connectivity index (χ4n) is 1.24. The van der Waals surface area contributed by atoms with E-state index in [1.807, 2.05) is 0 Å². The highest BCUT2D eigenvalue weighted by atomic mass is 35.5. The van der Waals surface area contributed by atoms with E-state index in [-0.39, 0.29) is 30.9 Å². The maximum atomic E-state index is 11.5. The standard InChI is InChI=1S/C10H20N4O3.ClH/c1-3-17-9(16)8(14-7(2)15)5-4-6-13-10(11)12;/h8H,3-6H2,1-2H3,(H,14,15)(H4,11,12,13);1H/t8-;/m0./s1. The summed E-state index contributed by atoms with van der Waals surface area (Å²) in [5.41, 5.74) is 10.3. The molecule has 0 radical (unpaired) electrons. The average Bonchev–Trinajstić information content (AvgIpc) is 2.22. The van der Waals surface area contributed by atoms with Gasteiger partial charge in [-0.15, -0.1) is 12.4 Å². The number of hydrogen-bond acceptors (Lipinski definition) is 4. The van der Waals surface area contributed by atoms with Crippen molar-refractivity contribution in [2.24, 2.45) is 16.5 Å². The van der Waals surface area contributed by atoms with Gasteiger partial charge in [-0.3, -0.25) is 9.79 Å². The molecule has 0 aromatic heterocycles. The Bertz CT molecular complexity index is 293. The van der Waals surface area contributed by atoms with Crippen molar-refractivity contribution in [2.75, 3.05) is 13.2 Å². The Labute approximate surface area is 113 Å². The molecule has 0 fully saturated rings. The number of carbonyl (C=O) groups excluding carboxylic acids is 2. The Hall–Kier alpha value is -1.50. The number of nitrogens with zero attached hydrogens (tertiary/aromatic N) is 1. The third-order valence-electron chi connectivity index (χ3n) is 1.89. The minimum absolute atomic E-state index is 0. The van der Waals surface area contributed by atoms with Crippen LogP contribution in [0, 0.1) is 0 Å². The molecule has 0 aliphatic heterocycles. The van der Waals surface area contributed by atoms with E-state index < -0.39 is 12.0 Å². The molecule has 0 saturated heterocycles. The highest BCUT2D eigenvalue weighted by Crippen LogP contribution is 2.01. The van der Waals surface area contributed by atoms with Gasteiger partial charge in [0.25, 0.3) is 0 Å². The number of nitrogens with two attached hydrogens (primary N) is 2. The number of hydrogen-bond donors (Lipinski definition) is 3. The Morgan fingerprint density at radius 1 is 1.39 bits per heavy atom. The number of esters is 1. The maximum absolute atomic E-state index is 11.5. The normalized spacial score (nSPS) is 10.8. The van der Waals surface area contributed by atoms with Gasteiger partial charge in [-0.1, -0.05) is 0 Å². The van der Waals surface area contributed by atoms with Crippen LogP contribution < -0.4 is 16.8 Å². The van der Waals surface area contributed by atoms with Gasteiger partial charge in [0.05, 0.1) is 6.61 Å². The van der Waals surface area contributed by atoms with E-state index in [2.05, 4.69) is 10.3 Å². The number of aliphatic imine (C=N–C) groups is 1. The summed E-state index contributed by atoms with van der Waals surface area (Å²) < 4.78 is 4.84. The molecular formula is C10H21ClN4O3. The number of amides is 1. The van der Waals surface area contributed by atoms with Crippen LogP contribution in [0.4, 0.5) is 0 Å². The molecule has 7 nitrogen and oxygen atoms in total. The van der Waals surface area contributed by atoms with Gasteiger partial charge in [-0.2, -0.15) is 0 Å². The van der Waals surface area contributed by atoms with Gasteiger partial charge in [0.1, 0.15) is 6.04 Å². The second kappa shape index (κ2) is 10.6. The van der Waals surface area contributed by atoms with Gasteiger partial charge in [0.15, 0.2) is 5.96 Å². The third-order valence-corrected chi connectivity index (χ3v) is 1.89. The number of guanidine groups is 1. The fraction of sp³-hybridized carbons (Fsp3) is 0.700. The van der Waals surface area contributed by atoms with E-state index >= 15 is 0 Å². The molecule has 1 amide bonds. The number of carbonyl (C=O) groups is 2. The van der Waals surface area contributed by atoms with Crippen LogP contribution >= 0.6 is 12.4 Å². The number of halogens is 1. The summed E-state index contributed by atoms with van der Waals surface area (Å²) in [5, 5.41) is 2.53. The van der Waals surface area contributed by atoms with Crippen molar-refractivity contribution in [1.82, 2.24) is 5.32 Å². The van der Waals surface area contributed by atoms with Crippen molar-refractivity contribution in [1.29, 1.82) is 0 Å². The van der Waals surface area contributed by atoms with Crippen molar-refractivity contribution >= 4 is 30.2 Å². The minimum Gasteiger partial charge on any atom is -0.464 e. The predicted octanol–water partition coefficient (Wildman–Crippen LogP) is -0.470. The number of rotatable bonds is 7. The lowest BCUT2D eigenvalue weighted by atomic mass is 10.1. The molecule has 8 heteroatoms. The molecule has 0 rings (SSSR count). The van der Waals surface area contributed by atoms with E-state index in [0.717, 1.165) is 0 Å². The summed E-state index contributed by atoms with van der Waals surface area (Å²) in [7, 11) is 0. The van der Waals surface area contributed by atoms with Crippen molar-refractivity contribution < 1.29 is 14.3 Å². The van der Waals surface area contributed by atoms with Crippen LogP contribution in [0.2, 0.25) is 0 Å². The Morgan fingerprint density at radius 3 is 2.44 bits per heavy atom. The zero-order valence-corrected chi connectivity index (χ0v) is 11.5. The first-order valence-corrected chi connectivity index (χ1v) is 5.46. The Morgan fingerprint density at radius 2 is 2.00 bits per heavy atom. The van der Waals surface area contributed by atoms with Gasteiger partial charge < -0.3 is 21.5 Å². The molecule has 0 aromatic carbocycles. The van der Waals surface area contributed by atoms with E-state index in [9.17, 15) is 9.59 Å². The number of nitrogens with one attached hydrogen (secondary N) is 1. The van der Waals surface area contributed by atoms with Crippen LogP contribution in [-0.2, 0) is 14.3 Å². The van der Waals surface area contributed by atoms with E-state index in [1.165, 1.54) is 6.92 Å². The molecule has 0 heterocycles. The second-order valence-electron chi connectivity index (χ2n) is 3.45. The molecule has 0 bridgehead atoms. The van der Waals surface area contributed by atoms with Crippen molar-refractivity contribution in [3.63, 3.8) is 0 Å². The molecule has 0 aromatic rings. The van der Waals surface area contributed by atoms with Gasteiger partial charge in [0.2, 0.25) is 5.91 Å². The maximum Gasteiger partial charge on any atom is 0.328 e. The Balaban J connectivity index is 0. The first kappa shape index (κ1) is 18.9. The van der Waals surface area contributed by atoms with E-state index in [1.54, 1.807) is 6.92 Å². The highest BCUT2D eigenvalue weighted by molar-refractivity contribution is 5.85. The summed E-state index contributed by atoms with van der Waals surface area (Å²) in [4.78, 5) is 26.2. The zero-order chi connectivity index (χ0) is 13.3. The molecule has 106 valence electrons. The minimum atomic E-state index is -0.637. The van der Waals surface area contributed by atoms with Crippen molar-refractivity contribution in [2.45, 2.75) is 32.7 Å². The smallest absolute Gasteiger partial charge is 0.328 e. The van der Waals surface area contributed by atoms with Crippen molar-refractivity contribution in [3.05, 3.63) is 0 Å². The fourth-order valence-corrected chi connectivity index (χ4v) is 1.24. The lowest BCUT2D eigenvalue weighted by Crippen LogP contribution is -2.40. The summed E-state index contributed by atoms with van der Waals surface area (Å²) in [6.45, 7) is 3.75. The molecule has 0 saturated carbocycles. The molecule has 0 unspecified atom stereocenters. The van der Waals surface area contributed by atoms with Crippen molar-refractivity contribution in [3.8, 4) is 0 Å². The van der Waals surface area contributed by atoms with Gasteiger partial charge in [0, 0.05) is 13.5 Å². The van der Waals surface area contributed by atoms with Crippen LogP contribution in [0.5, 0.6) is 0 Å². The zero-order valence-electron chi connectivity index (χ0n) is 10.6. The quantitative estimate of drug-likeness (QED) is 0.252. The molecule has 0 spiro atoms. The first-order valence-electron chi connectivity index (χ1n) is 5.46. The molecule has 18 heavy (non-hydrogen) atoms. The predicted molar refractivity (Wildman–Crippen MR) is 71.4 cm³/mol. The van der Waals surface area contributed by atoms with Gasteiger partial charge in [-0.05, 0) is 19.8 Å². The van der Waals surface area contributed by atoms with E-state index in [0.29, 0.717) is 19.4 Å². The van der Waals surface area contributed by atoms with Crippen LogP contribution in [0.3, 0.4) is 0 Å². The lowest BCUT2D eigenvalue weighted by Gasteiger charge is -2.15. The average molecular weight is 281 g/mol. The number of ether oxygens (including phenoxy) is 1. The topological polar surface area (TPSA) is 120 Å². The Kier molecular flexibility index (Phi) is 11.1. The van der Waals surface area contributed by atoms with Crippen LogP contribution in [-0.4, -0.2) is 37.0 Å². The van der Waals surface area contributed by atoms with Gasteiger partial charge >= 0.3 is 5.97 Å². The van der Waals surface area contributed by atoms with Gasteiger partial charge in [-0.25, -0.2) is 4.79 Å². The van der Waals surface area contributed by atoms with Crippen LogP contribution in [0.25, 0.3) is 0 Å². The summed E-state index contributed by atoms with van der Waals surface area (Å²) in [6.07, 6.45) is 1.02. The summed E-state index contributed by atoms with van der Waals surface area (Å²) >= 11 is 0. The summed E-state index contributed by atoms with van der Waals surface area (Å²) in [5.74, 6) is -0.700. The lowest BCUT2D eigenvalue weighted by molar-refractivity contribution is -0.147. The molecule has 0 aliphatic carbocycles. The van der Waals surface area contributed by atoms with Crippen LogP contribution in [0.1, 0.15) is 26.7 Å². The third kappa shape index (κ3) is 9.71. The molecular weight excluding hydrogens is 260 g/mol. The monoisotopic (exact) mass is 280 g/mol. The SMILES string of the molecule is CCOC(=O)[C@H](CCCN=C(N)N)NC(C)=O.Cl. The molecule has 5 N–H and O–H groups in total. The van der Waals surface area contributed by atoms with Crippen LogP contribution in [0.15, 0.2) is 4.99 Å².